The molecule has 0 radical (unpaired) electrons. The maximum absolute atomic E-state index is 12.7. The molecule has 1 aromatic carbocycles. The number of benzene rings is 1. The van der Waals surface area contributed by atoms with Gasteiger partial charge in [-0.2, -0.15) is 0 Å². The molecule has 0 aliphatic carbocycles. The number of rotatable bonds is 5. The third-order valence-electron chi connectivity index (χ3n) is 3.72. The summed E-state index contributed by atoms with van der Waals surface area (Å²) >= 11 is 0. The van der Waals surface area contributed by atoms with Crippen LogP contribution in [0.1, 0.15) is 35.6 Å². The highest BCUT2D eigenvalue weighted by atomic mass is 16.5. The van der Waals surface area contributed by atoms with E-state index in [0.29, 0.717) is 23.5 Å². The lowest BCUT2D eigenvalue weighted by Gasteiger charge is -2.16. The van der Waals surface area contributed by atoms with Crippen molar-refractivity contribution in [3.63, 3.8) is 0 Å². The second kappa shape index (κ2) is 7.22. The molecule has 4 N–H and O–H groups in total. The number of carbonyl (C=O) groups is 2. The number of nitrogens with two attached hydrogens (primary N) is 1. The molecule has 1 aromatic heterocycles. The monoisotopic (exact) mass is 353 g/mol. The largest absolute Gasteiger partial charge is 0.489 e. The van der Waals surface area contributed by atoms with Gasteiger partial charge in [-0.25, -0.2) is 9.97 Å². The molecule has 0 unspecified atom stereocenters. The van der Waals surface area contributed by atoms with Crippen molar-refractivity contribution >= 4 is 23.1 Å². The van der Waals surface area contributed by atoms with Crippen LogP contribution < -0.4 is 21.1 Å². The van der Waals surface area contributed by atoms with Gasteiger partial charge in [0.15, 0.2) is 5.82 Å². The van der Waals surface area contributed by atoms with Gasteiger partial charge in [0.05, 0.1) is 17.4 Å². The van der Waals surface area contributed by atoms with E-state index in [0.717, 1.165) is 11.8 Å². The zero-order valence-corrected chi connectivity index (χ0v) is 14.4. The van der Waals surface area contributed by atoms with E-state index in [2.05, 4.69) is 20.6 Å². The van der Waals surface area contributed by atoms with Gasteiger partial charge in [-0.3, -0.25) is 9.59 Å². The minimum absolute atomic E-state index is 0.129. The number of amides is 2. The lowest BCUT2D eigenvalue weighted by Crippen LogP contribution is -2.18. The summed E-state index contributed by atoms with van der Waals surface area (Å²) < 4.78 is 5.76. The normalized spacial score (nSPS) is 13.3. The van der Waals surface area contributed by atoms with Gasteiger partial charge < -0.3 is 21.1 Å². The fraction of sp³-hybridized carbons (Fsp3) is 0.222. The Morgan fingerprint density at radius 2 is 2.08 bits per heavy atom. The molecule has 1 aliphatic heterocycles. The molecule has 0 atom stereocenters. The average Bonchev–Trinajstić information content (AvgIpc) is 2.96. The summed E-state index contributed by atoms with van der Waals surface area (Å²) in [5.41, 5.74) is 7.51. The van der Waals surface area contributed by atoms with E-state index in [4.69, 9.17) is 10.5 Å². The van der Waals surface area contributed by atoms with Crippen LogP contribution in [-0.2, 0) is 11.3 Å². The molecule has 0 fully saturated rings. The summed E-state index contributed by atoms with van der Waals surface area (Å²) in [6.07, 6.45) is 4.08. The Kier molecular flexibility index (Phi) is 4.83. The van der Waals surface area contributed by atoms with Gasteiger partial charge in [-0.1, -0.05) is 0 Å². The summed E-state index contributed by atoms with van der Waals surface area (Å²) in [6, 6.07) is 5.01. The van der Waals surface area contributed by atoms with E-state index in [1.54, 1.807) is 18.2 Å². The topological polar surface area (TPSA) is 119 Å². The summed E-state index contributed by atoms with van der Waals surface area (Å²) in [6.45, 7) is 4.13. The van der Waals surface area contributed by atoms with Crippen molar-refractivity contribution in [3.05, 3.63) is 53.7 Å². The van der Waals surface area contributed by atoms with Crippen LogP contribution in [0.2, 0.25) is 0 Å². The van der Waals surface area contributed by atoms with E-state index in [1.807, 2.05) is 13.8 Å². The third kappa shape index (κ3) is 3.49. The molecule has 1 aliphatic rings. The fourth-order valence-corrected chi connectivity index (χ4v) is 2.58. The van der Waals surface area contributed by atoms with Crippen LogP contribution in [0.25, 0.3) is 5.57 Å². The Morgan fingerprint density at radius 3 is 2.73 bits per heavy atom. The standard InChI is InChI=1S/C18H19N5O3/c1-10(2)26-15-7-12-11(9-22-17(12)24)6-14(15)23-18(25)13(8-19)16-20-4-3-5-21-16/h3-8,10H,9,19H2,1-2H3,(H,22,24)(H,23,25)/b13-8+. The van der Waals surface area contributed by atoms with Crippen LogP contribution in [0.3, 0.4) is 0 Å². The molecule has 0 bridgehead atoms. The van der Waals surface area contributed by atoms with Gasteiger partial charge in [0.1, 0.15) is 5.75 Å². The Bertz CT molecular complexity index is 878. The Labute approximate surface area is 150 Å². The first-order valence-corrected chi connectivity index (χ1v) is 8.12. The molecule has 0 saturated heterocycles. The van der Waals surface area contributed by atoms with Crippen molar-refractivity contribution < 1.29 is 14.3 Å². The van der Waals surface area contributed by atoms with Crippen molar-refractivity contribution in [2.24, 2.45) is 5.73 Å². The number of hydrogen-bond donors (Lipinski definition) is 3. The quantitative estimate of drug-likeness (QED) is 0.700. The predicted octanol–water partition coefficient (Wildman–Crippen LogP) is 1.45. The van der Waals surface area contributed by atoms with Crippen LogP contribution >= 0.6 is 0 Å². The van der Waals surface area contributed by atoms with E-state index in [9.17, 15) is 9.59 Å². The molecule has 2 amide bonds. The van der Waals surface area contributed by atoms with E-state index in [1.165, 1.54) is 12.4 Å². The van der Waals surface area contributed by atoms with Crippen LogP contribution in [0, 0.1) is 0 Å². The van der Waals surface area contributed by atoms with Crippen molar-refractivity contribution in [2.45, 2.75) is 26.5 Å². The maximum Gasteiger partial charge on any atom is 0.261 e. The Balaban J connectivity index is 1.93. The smallest absolute Gasteiger partial charge is 0.261 e. The van der Waals surface area contributed by atoms with Crippen LogP contribution in [-0.4, -0.2) is 27.9 Å². The molecule has 0 spiro atoms. The molecule has 2 heterocycles. The lowest BCUT2D eigenvalue weighted by atomic mass is 10.1. The molecule has 3 rings (SSSR count). The van der Waals surface area contributed by atoms with Crippen molar-refractivity contribution in [1.82, 2.24) is 15.3 Å². The van der Waals surface area contributed by atoms with E-state index >= 15 is 0 Å². The summed E-state index contributed by atoms with van der Waals surface area (Å²) in [7, 11) is 0. The van der Waals surface area contributed by atoms with Gasteiger partial charge in [0.25, 0.3) is 11.8 Å². The van der Waals surface area contributed by atoms with Crippen LogP contribution in [0.4, 0.5) is 5.69 Å². The molecular formula is C18H19N5O3. The highest BCUT2D eigenvalue weighted by molar-refractivity contribution is 6.24. The van der Waals surface area contributed by atoms with Gasteiger partial charge in [0, 0.05) is 30.7 Å². The summed E-state index contributed by atoms with van der Waals surface area (Å²) in [4.78, 5) is 32.6. The second-order valence-corrected chi connectivity index (χ2v) is 5.96. The zero-order valence-electron chi connectivity index (χ0n) is 14.4. The number of nitrogens with zero attached hydrogens (tertiary/aromatic N) is 2. The number of nitrogens with one attached hydrogen (secondary N) is 2. The fourth-order valence-electron chi connectivity index (χ4n) is 2.58. The van der Waals surface area contributed by atoms with E-state index in [-0.39, 0.29) is 23.4 Å². The lowest BCUT2D eigenvalue weighted by molar-refractivity contribution is -0.111. The first-order valence-electron chi connectivity index (χ1n) is 8.12. The molecular weight excluding hydrogens is 334 g/mol. The summed E-state index contributed by atoms with van der Waals surface area (Å²) in [5, 5.41) is 5.53. The maximum atomic E-state index is 12.7. The molecule has 2 aromatic rings. The van der Waals surface area contributed by atoms with Crippen LogP contribution in [0.5, 0.6) is 5.75 Å². The van der Waals surface area contributed by atoms with Gasteiger partial charge >= 0.3 is 0 Å². The number of anilines is 1. The van der Waals surface area contributed by atoms with Crippen molar-refractivity contribution in [2.75, 3.05) is 5.32 Å². The minimum atomic E-state index is -0.468. The van der Waals surface area contributed by atoms with E-state index < -0.39 is 5.91 Å². The van der Waals surface area contributed by atoms with Gasteiger partial charge in [-0.15, -0.1) is 0 Å². The van der Waals surface area contributed by atoms with Gasteiger partial charge in [0.2, 0.25) is 0 Å². The number of ether oxygens (including phenoxy) is 1. The molecule has 26 heavy (non-hydrogen) atoms. The molecule has 8 nitrogen and oxygen atoms in total. The average molecular weight is 353 g/mol. The minimum Gasteiger partial charge on any atom is -0.489 e. The highest BCUT2D eigenvalue weighted by Crippen LogP contribution is 2.32. The van der Waals surface area contributed by atoms with Gasteiger partial charge in [-0.05, 0) is 37.6 Å². The number of carbonyl (C=O) groups excluding carboxylic acids is 2. The number of aromatic nitrogens is 2. The Hall–Kier alpha value is -3.42. The van der Waals surface area contributed by atoms with Crippen molar-refractivity contribution in [3.8, 4) is 5.75 Å². The SMILES string of the molecule is CC(C)Oc1cc2c(cc1NC(=O)/C(=C/N)c1ncccn1)CNC2=O. The number of hydrogen-bond acceptors (Lipinski definition) is 6. The first kappa shape index (κ1) is 17.4. The number of fused-ring (bicyclic) bond motifs is 1. The Morgan fingerprint density at radius 1 is 1.35 bits per heavy atom. The highest BCUT2D eigenvalue weighted by Gasteiger charge is 2.24. The molecule has 0 saturated carbocycles. The van der Waals surface area contributed by atoms with Crippen LogP contribution in [0.15, 0.2) is 36.8 Å². The van der Waals surface area contributed by atoms with Crippen molar-refractivity contribution in [1.29, 1.82) is 0 Å². The predicted molar refractivity (Wildman–Crippen MR) is 96.2 cm³/mol. The first-order chi connectivity index (χ1) is 12.5. The molecule has 134 valence electrons. The second-order valence-electron chi connectivity index (χ2n) is 5.96. The third-order valence-corrected chi connectivity index (χ3v) is 3.72. The zero-order chi connectivity index (χ0) is 18.7. The molecule has 8 heteroatoms. The summed E-state index contributed by atoms with van der Waals surface area (Å²) in [5.74, 6) is 0.00239.